The smallest absolute Gasteiger partial charge is 0.548 e. The monoisotopic (exact) mass is 614 g/mol. The third-order valence-electron chi connectivity index (χ3n) is 8.28. The predicted octanol–water partition coefficient (Wildman–Crippen LogP) is 3.52. The van der Waals surface area contributed by atoms with Gasteiger partial charge in [0, 0.05) is 24.7 Å². The van der Waals surface area contributed by atoms with E-state index >= 15 is 0 Å². The van der Waals surface area contributed by atoms with E-state index in [0.29, 0.717) is 41.5 Å². The number of hydrogen-bond donors (Lipinski definition) is 1. The van der Waals surface area contributed by atoms with Crippen molar-refractivity contribution in [2.24, 2.45) is 5.92 Å². The van der Waals surface area contributed by atoms with Crippen LogP contribution in [-0.2, 0) is 17.9 Å². The maximum atomic E-state index is 14.1. The van der Waals surface area contributed by atoms with Crippen molar-refractivity contribution in [2.45, 2.75) is 71.0 Å². The van der Waals surface area contributed by atoms with Crippen molar-refractivity contribution in [1.29, 1.82) is 0 Å². The summed E-state index contributed by atoms with van der Waals surface area (Å²) in [6, 6.07) is 15.9. The Kier molecular flexibility index (Phi) is 14.5. The van der Waals surface area contributed by atoms with E-state index in [4.69, 9.17) is 0 Å². The minimum Gasteiger partial charge on any atom is -0.548 e. The maximum absolute atomic E-state index is 14.1. The Morgan fingerprint density at radius 2 is 1.64 bits per heavy atom. The number of aliphatic carboxylic acids is 1. The van der Waals surface area contributed by atoms with Gasteiger partial charge < -0.3 is 15.2 Å². The molecule has 0 saturated heterocycles. The summed E-state index contributed by atoms with van der Waals surface area (Å²) in [5, 5.41) is 14.4. The van der Waals surface area contributed by atoms with Gasteiger partial charge in [-0.25, -0.2) is 8.78 Å². The second-order valence-corrected chi connectivity index (χ2v) is 12.6. The van der Waals surface area contributed by atoms with E-state index in [1.54, 1.807) is 6.07 Å². The first kappa shape index (κ1) is 35.8. The molecule has 1 fully saturated rings. The molecule has 1 saturated carbocycles. The zero-order valence-corrected chi connectivity index (χ0v) is 26.9. The summed E-state index contributed by atoms with van der Waals surface area (Å²) in [4.78, 5) is 27.4. The number of hydrogen-bond acceptors (Lipinski definition) is 5. The van der Waals surface area contributed by atoms with Gasteiger partial charge in [-0.05, 0) is 96.3 Å². The number of thioether (sulfide) groups is 1. The van der Waals surface area contributed by atoms with Gasteiger partial charge in [0.15, 0.2) is 0 Å². The number of nitrogens with zero attached hydrogens (tertiary/aromatic N) is 1. The number of carboxylic acids is 1. The maximum Gasteiger partial charge on any atom is 1.00 e. The summed E-state index contributed by atoms with van der Waals surface area (Å²) in [6.45, 7) is 3.68. The molecule has 3 aromatic carbocycles. The molecular formula is C35H41F2LiN2O3S. The summed E-state index contributed by atoms with van der Waals surface area (Å²) in [7, 11) is 0. The van der Waals surface area contributed by atoms with Gasteiger partial charge in [0.1, 0.15) is 11.6 Å². The van der Waals surface area contributed by atoms with Gasteiger partial charge in [0.05, 0.1) is 12.0 Å². The number of carboxylic acid groups (broad SMARTS) is 1. The Balaban J connectivity index is 0.00000529. The summed E-state index contributed by atoms with van der Waals surface area (Å²) in [5.74, 6) is -1.73. The van der Waals surface area contributed by atoms with E-state index in [9.17, 15) is 23.5 Å². The van der Waals surface area contributed by atoms with E-state index in [2.05, 4.69) is 10.2 Å². The molecule has 1 atom stereocenters. The molecule has 1 N–H and O–H groups in total. The third kappa shape index (κ3) is 10.5. The molecule has 0 radical (unpaired) electrons. The van der Waals surface area contributed by atoms with Gasteiger partial charge >= 0.3 is 18.9 Å². The van der Waals surface area contributed by atoms with Gasteiger partial charge in [-0.3, -0.25) is 9.69 Å². The van der Waals surface area contributed by atoms with E-state index in [-0.39, 0.29) is 25.3 Å². The standard InChI is InChI=1S/C35H42F2N2O3S.Li/c1-24-8-6-7-11-30(24)32-20-26(12-13-31(32)34(40)38-33(35(41)42)15-17-43-2)22-39(16-14-25-9-4-3-5-10-25)23-27-18-28(36)21-29(37)19-27;/h6-8,11-13,18-21,25,33H,3-5,9-10,14-17,22-23H2,1-2H3,(H,38,40)(H,41,42);/q;+1/p-1. The zero-order valence-electron chi connectivity index (χ0n) is 26.0. The Morgan fingerprint density at radius 1 is 0.955 bits per heavy atom. The predicted molar refractivity (Wildman–Crippen MR) is 168 cm³/mol. The largest absolute Gasteiger partial charge is 1.00 e. The Morgan fingerprint density at radius 3 is 2.30 bits per heavy atom. The average Bonchev–Trinajstić information content (AvgIpc) is 2.98. The van der Waals surface area contributed by atoms with Crippen LogP contribution in [0, 0.1) is 24.5 Å². The van der Waals surface area contributed by atoms with E-state index in [1.807, 2.05) is 49.6 Å². The van der Waals surface area contributed by atoms with Gasteiger partial charge in [-0.15, -0.1) is 0 Å². The van der Waals surface area contributed by atoms with E-state index in [1.165, 1.54) is 56.0 Å². The second kappa shape index (κ2) is 17.8. The third-order valence-corrected chi connectivity index (χ3v) is 8.92. The molecule has 0 heterocycles. The molecule has 5 nitrogen and oxygen atoms in total. The van der Waals surface area contributed by atoms with Crippen LogP contribution in [0.1, 0.15) is 72.0 Å². The molecule has 1 aliphatic rings. The van der Waals surface area contributed by atoms with Gasteiger partial charge in [0.25, 0.3) is 5.91 Å². The van der Waals surface area contributed by atoms with Gasteiger partial charge in [0.2, 0.25) is 0 Å². The van der Waals surface area contributed by atoms with Crippen LogP contribution in [-0.4, -0.2) is 41.4 Å². The van der Waals surface area contributed by atoms with Gasteiger partial charge in [-0.1, -0.05) is 62.4 Å². The van der Waals surface area contributed by atoms with Crippen molar-refractivity contribution in [3.05, 3.63) is 94.6 Å². The number of benzene rings is 3. The minimum atomic E-state index is -1.31. The molecule has 1 amide bonds. The number of aryl methyl sites for hydroxylation is 1. The van der Waals surface area contributed by atoms with Crippen molar-refractivity contribution in [2.75, 3.05) is 18.6 Å². The normalized spacial score (nSPS) is 14.2. The summed E-state index contributed by atoms with van der Waals surface area (Å²) in [5.41, 5.74) is 4.49. The number of carbonyl (C=O) groups excluding carboxylic acids is 2. The Labute approximate surface area is 276 Å². The van der Waals surface area contributed by atoms with Crippen LogP contribution < -0.4 is 29.3 Å². The summed E-state index contributed by atoms with van der Waals surface area (Å²) < 4.78 is 28.1. The number of halogens is 2. The fourth-order valence-corrected chi connectivity index (χ4v) is 6.45. The van der Waals surface area contributed by atoms with Crippen molar-refractivity contribution < 1.29 is 42.3 Å². The van der Waals surface area contributed by atoms with Crippen LogP contribution in [0.15, 0.2) is 60.7 Å². The molecule has 1 aliphatic carbocycles. The molecule has 44 heavy (non-hydrogen) atoms. The molecule has 0 aliphatic heterocycles. The summed E-state index contributed by atoms with van der Waals surface area (Å²) >= 11 is 1.51. The van der Waals surface area contributed by atoms with Crippen molar-refractivity contribution in [3.63, 3.8) is 0 Å². The zero-order chi connectivity index (χ0) is 30.8. The Bertz CT molecular complexity index is 1380. The van der Waals surface area contributed by atoms with Crippen LogP contribution in [0.25, 0.3) is 11.1 Å². The number of rotatable bonds is 14. The van der Waals surface area contributed by atoms with E-state index in [0.717, 1.165) is 35.7 Å². The van der Waals surface area contributed by atoms with Crippen LogP contribution in [0.5, 0.6) is 0 Å². The molecule has 1 unspecified atom stereocenters. The minimum absolute atomic E-state index is 0. The number of amides is 1. The van der Waals surface area contributed by atoms with Crippen molar-refractivity contribution >= 4 is 23.6 Å². The topological polar surface area (TPSA) is 72.5 Å². The SMILES string of the molecule is CSCCC(NC(=O)c1ccc(CN(CCC2CCCCC2)Cc2cc(F)cc(F)c2)cc1-c1ccccc1C)C(=O)[O-].[Li+]. The first-order chi connectivity index (χ1) is 20.7. The van der Waals surface area contributed by atoms with Crippen LogP contribution >= 0.6 is 11.8 Å². The molecule has 0 spiro atoms. The Hall–Kier alpha value is -2.63. The van der Waals surface area contributed by atoms with Crippen molar-refractivity contribution in [3.8, 4) is 11.1 Å². The first-order valence-electron chi connectivity index (χ1n) is 15.1. The first-order valence-corrected chi connectivity index (χ1v) is 16.5. The fraction of sp³-hybridized carbons (Fsp3) is 0.429. The van der Waals surface area contributed by atoms with E-state index < -0.39 is 29.6 Å². The molecule has 4 rings (SSSR count). The number of nitrogens with one attached hydrogen (secondary N) is 1. The average molecular weight is 615 g/mol. The number of carbonyl (C=O) groups is 2. The quantitative estimate of drug-likeness (QED) is 0.282. The molecule has 0 aromatic heterocycles. The van der Waals surface area contributed by atoms with Crippen LogP contribution in [0.2, 0.25) is 0 Å². The fourth-order valence-electron chi connectivity index (χ4n) is 5.98. The molecule has 0 bridgehead atoms. The van der Waals surface area contributed by atoms with Gasteiger partial charge in [-0.2, -0.15) is 11.8 Å². The van der Waals surface area contributed by atoms with Crippen LogP contribution in [0.3, 0.4) is 0 Å². The molecule has 9 heteroatoms. The molecule has 230 valence electrons. The van der Waals surface area contributed by atoms with Crippen molar-refractivity contribution in [1.82, 2.24) is 10.2 Å². The molecular weight excluding hydrogens is 573 g/mol. The summed E-state index contributed by atoms with van der Waals surface area (Å²) in [6.07, 6.45) is 9.38. The van der Waals surface area contributed by atoms with Crippen LogP contribution in [0.4, 0.5) is 8.78 Å². The molecule has 3 aromatic rings. The second-order valence-electron chi connectivity index (χ2n) is 11.6.